The summed E-state index contributed by atoms with van der Waals surface area (Å²) in [6.07, 6.45) is 1.72. The second kappa shape index (κ2) is 3.58. The average Bonchev–Trinajstić information content (AvgIpc) is 2.30. The molecule has 0 saturated carbocycles. The van der Waals surface area contributed by atoms with Gasteiger partial charge in [0.15, 0.2) is 9.84 Å². The topological polar surface area (TPSA) is 60.2 Å². The lowest BCUT2D eigenvalue weighted by Crippen LogP contribution is -2.27. The summed E-state index contributed by atoms with van der Waals surface area (Å²) in [6, 6.07) is 0. The maximum Gasteiger partial charge on any atom is 0.150 e. The van der Waals surface area contributed by atoms with Gasteiger partial charge in [-0.25, -0.2) is 8.42 Å². The molecule has 0 radical (unpaired) electrons. The first-order valence-electron chi connectivity index (χ1n) is 4.78. The molecule has 0 amide bonds. The third-order valence-electron chi connectivity index (χ3n) is 3.13. The van der Waals surface area contributed by atoms with E-state index >= 15 is 0 Å². The molecule has 0 bridgehead atoms. The molecule has 1 aliphatic rings. The zero-order valence-electron chi connectivity index (χ0n) is 8.41. The fraction of sp³-hybridized carbons (Fsp3) is 1.00. The predicted molar refractivity (Wildman–Crippen MR) is 54.2 cm³/mol. The molecule has 78 valence electrons. The van der Waals surface area contributed by atoms with Crippen molar-refractivity contribution in [2.75, 3.05) is 18.1 Å². The molecule has 1 heterocycles. The predicted octanol–water partition coefficient (Wildman–Crippen LogP) is 0.796. The Kier molecular flexibility index (Phi) is 3.02. The highest BCUT2D eigenvalue weighted by atomic mass is 32.2. The van der Waals surface area contributed by atoms with Crippen LogP contribution in [0, 0.1) is 11.3 Å². The van der Waals surface area contributed by atoms with Gasteiger partial charge in [-0.3, -0.25) is 0 Å². The highest BCUT2D eigenvalue weighted by molar-refractivity contribution is 7.91. The Hall–Kier alpha value is -0.0900. The molecular weight excluding hydrogens is 186 g/mol. The van der Waals surface area contributed by atoms with Crippen molar-refractivity contribution in [3.8, 4) is 0 Å². The monoisotopic (exact) mass is 205 g/mol. The van der Waals surface area contributed by atoms with Gasteiger partial charge >= 0.3 is 0 Å². The molecule has 0 aliphatic carbocycles. The van der Waals surface area contributed by atoms with E-state index in [1.165, 1.54) is 0 Å². The van der Waals surface area contributed by atoms with Crippen LogP contribution in [0.25, 0.3) is 0 Å². The van der Waals surface area contributed by atoms with Gasteiger partial charge in [0.1, 0.15) is 0 Å². The van der Waals surface area contributed by atoms with Crippen LogP contribution in [0.4, 0.5) is 0 Å². The zero-order chi connectivity index (χ0) is 10.1. The van der Waals surface area contributed by atoms with E-state index in [1.54, 1.807) is 0 Å². The third-order valence-corrected chi connectivity index (χ3v) is 4.89. The van der Waals surface area contributed by atoms with E-state index in [4.69, 9.17) is 5.73 Å². The number of hydrogen-bond donors (Lipinski definition) is 1. The molecular formula is C9H19NO2S. The Bertz CT molecular complexity index is 269. The van der Waals surface area contributed by atoms with Gasteiger partial charge in [0.05, 0.1) is 11.5 Å². The Labute approximate surface area is 80.6 Å². The second-order valence-electron chi connectivity index (χ2n) is 4.63. The standard InChI is InChI=1S/C9H19NO2S/c1-9(2,4-5-10)8-3-6-13(11,12)7-8/h8H,3-7,10H2,1-2H3. The maximum absolute atomic E-state index is 11.3. The van der Waals surface area contributed by atoms with Crippen molar-refractivity contribution in [2.24, 2.45) is 17.1 Å². The highest BCUT2D eigenvalue weighted by Crippen LogP contribution is 2.37. The van der Waals surface area contributed by atoms with Gasteiger partial charge in [-0.1, -0.05) is 13.8 Å². The van der Waals surface area contributed by atoms with Crippen LogP contribution in [-0.4, -0.2) is 26.5 Å². The molecule has 13 heavy (non-hydrogen) atoms. The first-order chi connectivity index (χ1) is 5.87. The molecule has 3 nitrogen and oxygen atoms in total. The molecule has 0 aromatic rings. The van der Waals surface area contributed by atoms with E-state index in [9.17, 15) is 8.42 Å². The minimum atomic E-state index is -2.74. The summed E-state index contributed by atoms with van der Waals surface area (Å²) in [7, 11) is -2.74. The average molecular weight is 205 g/mol. The second-order valence-corrected chi connectivity index (χ2v) is 6.86. The summed E-state index contributed by atoms with van der Waals surface area (Å²) in [4.78, 5) is 0. The normalized spacial score (nSPS) is 27.8. The van der Waals surface area contributed by atoms with Crippen molar-refractivity contribution in [1.82, 2.24) is 0 Å². The van der Waals surface area contributed by atoms with E-state index in [2.05, 4.69) is 13.8 Å². The number of nitrogens with two attached hydrogens (primary N) is 1. The van der Waals surface area contributed by atoms with E-state index in [0.29, 0.717) is 24.0 Å². The summed E-state index contributed by atoms with van der Waals surface area (Å²) in [5.74, 6) is 1.03. The van der Waals surface area contributed by atoms with Crippen LogP contribution < -0.4 is 5.73 Å². The van der Waals surface area contributed by atoms with Gasteiger partial charge < -0.3 is 5.73 Å². The lowest BCUT2D eigenvalue weighted by Gasteiger charge is -2.30. The van der Waals surface area contributed by atoms with Crippen LogP contribution in [-0.2, 0) is 9.84 Å². The Morgan fingerprint density at radius 2 is 2.08 bits per heavy atom. The first kappa shape index (κ1) is 11.0. The van der Waals surface area contributed by atoms with E-state index in [0.717, 1.165) is 12.8 Å². The zero-order valence-corrected chi connectivity index (χ0v) is 9.23. The maximum atomic E-state index is 11.3. The number of hydrogen-bond acceptors (Lipinski definition) is 3. The molecule has 1 saturated heterocycles. The van der Waals surface area contributed by atoms with Crippen LogP contribution in [0.15, 0.2) is 0 Å². The summed E-state index contributed by atoms with van der Waals surface area (Å²) in [5.41, 5.74) is 5.58. The fourth-order valence-electron chi connectivity index (χ4n) is 1.99. The van der Waals surface area contributed by atoms with Crippen LogP contribution in [0.2, 0.25) is 0 Å². The molecule has 1 fully saturated rings. The smallest absolute Gasteiger partial charge is 0.150 e. The molecule has 0 aromatic heterocycles. The van der Waals surface area contributed by atoms with Gasteiger partial charge in [-0.2, -0.15) is 0 Å². The minimum Gasteiger partial charge on any atom is -0.330 e. The Morgan fingerprint density at radius 1 is 1.46 bits per heavy atom. The summed E-state index contributed by atoms with van der Waals surface area (Å²) >= 11 is 0. The molecule has 1 rings (SSSR count). The van der Waals surface area contributed by atoms with Gasteiger partial charge in [0.25, 0.3) is 0 Å². The van der Waals surface area contributed by atoms with Gasteiger partial charge in [0, 0.05) is 0 Å². The van der Waals surface area contributed by atoms with Crippen molar-refractivity contribution in [1.29, 1.82) is 0 Å². The van der Waals surface area contributed by atoms with E-state index in [-0.39, 0.29) is 5.41 Å². The lowest BCUT2D eigenvalue weighted by atomic mass is 9.76. The van der Waals surface area contributed by atoms with Crippen molar-refractivity contribution in [2.45, 2.75) is 26.7 Å². The summed E-state index contributed by atoms with van der Waals surface area (Å²) in [5, 5.41) is 0. The molecule has 0 spiro atoms. The lowest BCUT2D eigenvalue weighted by molar-refractivity contribution is 0.221. The first-order valence-corrected chi connectivity index (χ1v) is 6.60. The fourth-order valence-corrected chi connectivity index (χ4v) is 4.03. The largest absolute Gasteiger partial charge is 0.330 e. The van der Waals surface area contributed by atoms with Crippen molar-refractivity contribution in [3.05, 3.63) is 0 Å². The van der Waals surface area contributed by atoms with Crippen molar-refractivity contribution >= 4 is 9.84 Å². The van der Waals surface area contributed by atoms with E-state index < -0.39 is 9.84 Å². The van der Waals surface area contributed by atoms with Crippen molar-refractivity contribution < 1.29 is 8.42 Å². The molecule has 4 heteroatoms. The van der Waals surface area contributed by atoms with Crippen LogP contribution in [0.5, 0.6) is 0 Å². The summed E-state index contributed by atoms with van der Waals surface area (Å²) < 4.78 is 22.5. The molecule has 1 atom stereocenters. The molecule has 0 aromatic carbocycles. The van der Waals surface area contributed by atoms with Crippen LogP contribution >= 0.6 is 0 Å². The quantitative estimate of drug-likeness (QED) is 0.741. The van der Waals surface area contributed by atoms with Crippen LogP contribution in [0.1, 0.15) is 26.7 Å². The van der Waals surface area contributed by atoms with Gasteiger partial charge in [-0.05, 0) is 30.7 Å². The molecule has 2 N–H and O–H groups in total. The number of sulfone groups is 1. The van der Waals surface area contributed by atoms with Crippen molar-refractivity contribution in [3.63, 3.8) is 0 Å². The van der Waals surface area contributed by atoms with Gasteiger partial charge in [-0.15, -0.1) is 0 Å². The Morgan fingerprint density at radius 3 is 2.46 bits per heavy atom. The number of rotatable bonds is 3. The Balaban J connectivity index is 2.65. The SMILES string of the molecule is CC(C)(CCN)C1CCS(=O)(=O)C1. The van der Waals surface area contributed by atoms with E-state index in [1.807, 2.05) is 0 Å². The third kappa shape index (κ3) is 2.68. The van der Waals surface area contributed by atoms with Crippen LogP contribution in [0.3, 0.4) is 0 Å². The highest BCUT2D eigenvalue weighted by Gasteiger charge is 2.37. The minimum absolute atomic E-state index is 0.0817. The molecule has 1 unspecified atom stereocenters. The molecule has 1 aliphatic heterocycles. The summed E-state index contributed by atoms with van der Waals surface area (Å²) in [6.45, 7) is 4.88. The van der Waals surface area contributed by atoms with Gasteiger partial charge in [0.2, 0.25) is 0 Å².